The molecule has 1 amide bonds. The lowest BCUT2D eigenvalue weighted by Gasteiger charge is -2.33. The van der Waals surface area contributed by atoms with Crippen molar-refractivity contribution < 1.29 is 28.9 Å². The van der Waals surface area contributed by atoms with Gasteiger partial charge in [-0.1, -0.05) is 11.6 Å². The number of aromatic amines is 1. The average molecular weight is 473 g/mol. The molecule has 0 unspecified atom stereocenters. The van der Waals surface area contributed by atoms with Crippen LogP contribution in [0, 0.1) is 5.82 Å². The van der Waals surface area contributed by atoms with Crippen molar-refractivity contribution in [3.05, 3.63) is 57.7 Å². The number of carbonyl (C=O) groups is 2. The lowest BCUT2D eigenvalue weighted by atomic mass is 10.0. The van der Waals surface area contributed by atoms with Crippen molar-refractivity contribution in [2.24, 2.45) is 0 Å². The number of hydrogen-bond donors (Lipinski definition) is 3. The van der Waals surface area contributed by atoms with Gasteiger partial charge in [0.15, 0.2) is 5.76 Å². The highest BCUT2D eigenvalue weighted by molar-refractivity contribution is 6.33. The number of fused-ring (bicyclic) bond motifs is 2. The van der Waals surface area contributed by atoms with Gasteiger partial charge in [0.05, 0.1) is 27.4 Å². The number of piperazine rings is 1. The maximum atomic E-state index is 13.7. The summed E-state index contributed by atoms with van der Waals surface area (Å²) in [5, 5.41) is 27.1. The van der Waals surface area contributed by atoms with E-state index in [0.29, 0.717) is 48.3 Å². The summed E-state index contributed by atoms with van der Waals surface area (Å²) < 4.78 is 19.5. The average Bonchev–Trinajstić information content (AvgIpc) is 3.33. The molecular weight excluding hydrogens is 455 g/mol. The lowest BCUT2D eigenvalue weighted by molar-refractivity contribution is 0.101. The number of allylic oxidation sites excluding steroid dienone is 1. The van der Waals surface area contributed by atoms with Crippen LogP contribution in [0.15, 0.2) is 30.0 Å². The van der Waals surface area contributed by atoms with Crippen LogP contribution in [0.5, 0.6) is 11.5 Å². The van der Waals surface area contributed by atoms with Crippen LogP contribution in [-0.2, 0) is 6.54 Å². The minimum atomic E-state index is -0.976. The Hall–Kier alpha value is -3.63. The molecular formula is C22H18ClFN4O5. The molecule has 1 fully saturated rings. The van der Waals surface area contributed by atoms with Crippen LogP contribution in [0.2, 0.25) is 5.02 Å². The number of phenolic OH excluding ortho intramolecular Hbond substituents is 1. The fourth-order valence-electron chi connectivity index (χ4n) is 4.05. The summed E-state index contributed by atoms with van der Waals surface area (Å²) in [5.74, 6) is -0.901. The van der Waals surface area contributed by atoms with Crippen LogP contribution in [0.1, 0.15) is 21.6 Å². The van der Waals surface area contributed by atoms with Gasteiger partial charge in [0, 0.05) is 44.2 Å². The number of halogens is 2. The molecule has 1 saturated heterocycles. The van der Waals surface area contributed by atoms with E-state index in [-0.39, 0.29) is 34.4 Å². The Morgan fingerprint density at radius 3 is 2.76 bits per heavy atom. The van der Waals surface area contributed by atoms with E-state index in [2.05, 4.69) is 10.2 Å². The molecule has 33 heavy (non-hydrogen) atoms. The Morgan fingerprint density at radius 1 is 1.27 bits per heavy atom. The molecule has 9 nitrogen and oxygen atoms in total. The minimum Gasteiger partial charge on any atom is -0.506 e. The summed E-state index contributed by atoms with van der Waals surface area (Å²) in [6.45, 7) is 1.78. The van der Waals surface area contributed by atoms with Crippen molar-refractivity contribution in [3.63, 3.8) is 0 Å². The van der Waals surface area contributed by atoms with Crippen LogP contribution < -0.4 is 4.74 Å². The first-order chi connectivity index (χ1) is 15.8. The van der Waals surface area contributed by atoms with Crippen molar-refractivity contribution in [3.8, 4) is 11.5 Å². The molecule has 0 saturated carbocycles. The Balaban J connectivity index is 1.46. The van der Waals surface area contributed by atoms with E-state index in [1.807, 2.05) is 4.90 Å². The standard InChI is InChI=1S/C22H18ClFN4O5/c23-15-8-13-20(30)18(9-17-12-7-11(24)1-2-16(12)25-26-17)33-21(13)14(19(15)29)10-27-3-5-28(6-4-27)22(31)32/h1-2,7-9,29H,3-6,10H2,(H,25,26)(H,31,32). The highest BCUT2D eigenvalue weighted by atomic mass is 35.5. The van der Waals surface area contributed by atoms with Crippen molar-refractivity contribution in [2.45, 2.75) is 6.54 Å². The van der Waals surface area contributed by atoms with Gasteiger partial charge in [-0.25, -0.2) is 9.18 Å². The predicted molar refractivity (Wildman–Crippen MR) is 117 cm³/mol. The molecule has 2 aromatic carbocycles. The van der Waals surface area contributed by atoms with Gasteiger partial charge in [0.25, 0.3) is 0 Å². The van der Waals surface area contributed by atoms with E-state index in [1.165, 1.54) is 29.2 Å². The number of phenols is 1. The van der Waals surface area contributed by atoms with E-state index < -0.39 is 17.7 Å². The SMILES string of the molecule is O=C1C(=Cc2n[nH]c3ccc(F)cc23)Oc2c1cc(Cl)c(O)c2CN1CCN(C(=O)O)CC1. The molecule has 2 aliphatic heterocycles. The van der Waals surface area contributed by atoms with E-state index in [9.17, 15) is 19.1 Å². The third-order valence-electron chi connectivity index (χ3n) is 5.83. The molecule has 3 heterocycles. The molecule has 3 aromatic rings. The Kier molecular flexibility index (Phi) is 5.18. The lowest BCUT2D eigenvalue weighted by Crippen LogP contribution is -2.47. The zero-order chi connectivity index (χ0) is 23.3. The second kappa shape index (κ2) is 8.05. The first kappa shape index (κ1) is 21.2. The molecule has 1 aromatic heterocycles. The zero-order valence-electron chi connectivity index (χ0n) is 17.1. The van der Waals surface area contributed by atoms with Crippen LogP contribution in [0.4, 0.5) is 9.18 Å². The second-order valence-corrected chi connectivity index (χ2v) is 8.25. The Labute approximate surface area is 191 Å². The molecule has 0 bridgehead atoms. The molecule has 5 rings (SSSR count). The molecule has 3 N–H and O–H groups in total. The number of aromatic hydroxyl groups is 1. The summed E-state index contributed by atoms with van der Waals surface area (Å²) in [4.78, 5) is 27.4. The summed E-state index contributed by atoms with van der Waals surface area (Å²) in [7, 11) is 0. The largest absolute Gasteiger partial charge is 0.506 e. The van der Waals surface area contributed by atoms with Gasteiger partial charge in [0.1, 0.15) is 17.3 Å². The first-order valence-electron chi connectivity index (χ1n) is 10.1. The molecule has 170 valence electrons. The van der Waals surface area contributed by atoms with Crippen LogP contribution in [0.25, 0.3) is 17.0 Å². The van der Waals surface area contributed by atoms with Crippen LogP contribution in [-0.4, -0.2) is 68.3 Å². The summed E-state index contributed by atoms with van der Waals surface area (Å²) in [5.41, 5.74) is 1.49. The van der Waals surface area contributed by atoms with Gasteiger partial charge >= 0.3 is 6.09 Å². The second-order valence-electron chi connectivity index (χ2n) is 7.85. The summed E-state index contributed by atoms with van der Waals surface area (Å²) in [6.07, 6.45) is 0.441. The van der Waals surface area contributed by atoms with Crippen molar-refractivity contribution in [1.29, 1.82) is 0 Å². The number of hydrogen-bond acceptors (Lipinski definition) is 6. The van der Waals surface area contributed by atoms with Crippen molar-refractivity contribution in [1.82, 2.24) is 20.0 Å². The predicted octanol–water partition coefficient (Wildman–Crippen LogP) is 3.47. The number of nitrogens with one attached hydrogen (secondary N) is 1. The van der Waals surface area contributed by atoms with Crippen LogP contribution >= 0.6 is 11.6 Å². The highest BCUT2D eigenvalue weighted by Crippen LogP contribution is 2.44. The number of carboxylic acid groups (broad SMARTS) is 1. The minimum absolute atomic E-state index is 0.0124. The quantitative estimate of drug-likeness (QED) is 0.499. The maximum absolute atomic E-state index is 13.7. The van der Waals surface area contributed by atoms with Crippen molar-refractivity contribution >= 4 is 40.5 Å². The number of benzene rings is 2. The van der Waals surface area contributed by atoms with Gasteiger partial charge in [-0.05, 0) is 24.3 Å². The molecule has 0 radical (unpaired) electrons. The number of carbonyl (C=O) groups excluding carboxylic acids is 1. The fourth-order valence-corrected chi connectivity index (χ4v) is 4.28. The monoisotopic (exact) mass is 472 g/mol. The molecule has 2 aliphatic rings. The number of nitrogens with zero attached hydrogens (tertiary/aromatic N) is 3. The number of Topliss-reactive ketones (excluding diaryl/α,β-unsaturated/α-hetero) is 1. The molecule has 0 spiro atoms. The Bertz CT molecular complexity index is 1330. The normalized spacial score (nSPS) is 17.6. The summed E-state index contributed by atoms with van der Waals surface area (Å²) >= 11 is 6.19. The van der Waals surface area contributed by atoms with Gasteiger partial charge in [-0.15, -0.1) is 0 Å². The number of amides is 1. The Morgan fingerprint density at radius 2 is 2.03 bits per heavy atom. The third kappa shape index (κ3) is 3.77. The number of rotatable bonds is 3. The number of aromatic nitrogens is 2. The zero-order valence-corrected chi connectivity index (χ0v) is 17.9. The highest BCUT2D eigenvalue weighted by Gasteiger charge is 2.34. The first-order valence-corrected chi connectivity index (χ1v) is 10.5. The number of ether oxygens (including phenoxy) is 1. The smallest absolute Gasteiger partial charge is 0.407 e. The maximum Gasteiger partial charge on any atom is 0.407 e. The van der Waals surface area contributed by atoms with Gasteiger partial charge in [0.2, 0.25) is 5.78 Å². The topological polar surface area (TPSA) is 119 Å². The van der Waals surface area contributed by atoms with Gasteiger partial charge < -0.3 is 19.8 Å². The van der Waals surface area contributed by atoms with Crippen molar-refractivity contribution in [2.75, 3.05) is 26.2 Å². The van der Waals surface area contributed by atoms with Gasteiger partial charge in [-0.3, -0.25) is 14.8 Å². The molecule has 0 atom stereocenters. The summed E-state index contributed by atoms with van der Waals surface area (Å²) in [6, 6.07) is 5.51. The van der Waals surface area contributed by atoms with Crippen LogP contribution in [0.3, 0.4) is 0 Å². The number of ketones is 1. The van der Waals surface area contributed by atoms with E-state index in [1.54, 1.807) is 6.07 Å². The third-order valence-corrected chi connectivity index (χ3v) is 6.12. The van der Waals surface area contributed by atoms with E-state index in [4.69, 9.17) is 21.4 Å². The number of H-pyrrole nitrogens is 1. The fraction of sp³-hybridized carbons (Fsp3) is 0.227. The van der Waals surface area contributed by atoms with E-state index >= 15 is 0 Å². The molecule has 0 aliphatic carbocycles. The van der Waals surface area contributed by atoms with Gasteiger partial charge in [-0.2, -0.15) is 5.10 Å². The molecule has 11 heteroatoms. The van der Waals surface area contributed by atoms with E-state index in [0.717, 1.165) is 0 Å².